The summed E-state index contributed by atoms with van der Waals surface area (Å²) < 4.78 is 37.1. The largest absolute Gasteiger partial charge is 0.460 e. The van der Waals surface area contributed by atoms with E-state index >= 15 is 0 Å². The van der Waals surface area contributed by atoms with Gasteiger partial charge in [0.2, 0.25) is 16.8 Å². The van der Waals surface area contributed by atoms with Crippen molar-refractivity contribution in [1.82, 2.24) is 14.5 Å². The molecule has 10 heteroatoms. The number of nitrogens with one attached hydrogen (secondary N) is 1. The molecule has 2 atom stereocenters. The highest BCUT2D eigenvalue weighted by molar-refractivity contribution is 7.89. The average Bonchev–Trinajstić information content (AvgIpc) is 3.29. The maximum atomic E-state index is 12.8. The molecule has 2 saturated heterocycles. The Kier molecular flexibility index (Phi) is 8.35. The molecular formula is C22H35N3O6S. The lowest BCUT2D eigenvalue weighted by Crippen LogP contribution is -2.48. The minimum atomic E-state index is -3.86. The lowest BCUT2D eigenvalue weighted by atomic mass is 9.97. The molecule has 1 N–H and O–H groups in total. The first-order chi connectivity index (χ1) is 15.2. The Labute approximate surface area is 190 Å². The van der Waals surface area contributed by atoms with Crippen LogP contribution in [0.3, 0.4) is 0 Å². The van der Waals surface area contributed by atoms with E-state index in [4.69, 9.17) is 9.15 Å². The molecule has 180 valence electrons. The molecule has 1 amide bonds. The lowest BCUT2D eigenvalue weighted by Gasteiger charge is -2.36. The summed E-state index contributed by atoms with van der Waals surface area (Å²) in [5.74, 6) is -0.368. The summed E-state index contributed by atoms with van der Waals surface area (Å²) >= 11 is 0. The Morgan fingerprint density at radius 3 is 2.59 bits per heavy atom. The quantitative estimate of drug-likeness (QED) is 0.581. The van der Waals surface area contributed by atoms with E-state index in [-0.39, 0.29) is 48.4 Å². The van der Waals surface area contributed by atoms with E-state index in [2.05, 4.69) is 24.1 Å². The molecule has 1 aromatic rings. The summed E-state index contributed by atoms with van der Waals surface area (Å²) in [6, 6.07) is 2.85. The van der Waals surface area contributed by atoms with E-state index in [9.17, 15) is 18.0 Å². The van der Waals surface area contributed by atoms with Gasteiger partial charge in [-0.1, -0.05) is 6.92 Å². The van der Waals surface area contributed by atoms with Crippen LogP contribution in [0.2, 0.25) is 0 Å². The fourth-order valence-electron chi connectivity index (χ4n) is 4.40. The number of carbonyl (C=O) groups excluding carboxylic acids is 2. The molecule has 2 aliphatic heterocycles. The molecule has 2 fully saturated rings. The highest BCUT2D eigenvalue weighted by Gasteiger charge is 2.34. The number of rotatable bonds is 8. The van der Waals surface area contributed by atoms with Gasteiger partial charge in [0.25, 0.3) is 10.0 Å². The van der Waals surface area contributed by atoms with Gasteiger partial charge in [0.15, 0.2) is 0 Å². The maximum absolute atomic E-state index is 12.8. The number of esters is 1. The molecule has 32 heavy (non-hydrogen) atoms. The third kappa shape index (κ3) is 5.90. The van der Waals surface area contributed by atoms with E-state index in [1.54, 1.807) is 6.92 Å². The first kappa shape index (κ1) is 24.7. The zero-order valence-electron chi connectivity index (χ0n) is 19.2. The molecule has 1 aromatic heterocycles. The minimum Gasteiger partial charge on any atom is -0.460 e. The highest BCUT2D eigenvalue weighted by Crippen LogP contribution is 2.25. The van der Waals surface area contributed by atoms with Crippen molar-refractivity contribution < 1.29 is 27.2 Å². The Hall–Kier alpha value is -1.91. The topological polar surface area (TPSA) is 109 Å². The van der Waals surface area contributed by atoms with Gasteiger partial charge in [-0.15, -0.1) is 0 Å². The number of likely N-dealkylation sites (tertiary alicyclic amines) is 1. The Morgan fingerprint density at radius 1 is 1.22 bits per heavy atom. The Morgan fingerprint density at radius 2 is 1.94 bits per heavy atom. The SMILES string of the molecule is CCOC(=O)c1ccc(S(=O)(=O)N2CCC(C(=O)NCC(C)N3CCCC(C)C3)CC2)o1. The number of piperidine rings is 2. The Bertz CT molecular complexity index is 891. The van der Waals surface area contributed by atoms with Gasteiger partial charge in [0.05, 0.1) is 6.61 Å². The van der Waals surface area contributed by atoms with E-state index < -0.39 is 16.0 Å². The van der Waals surface area contributed by atoms with E-state index in [0.29, 0.717) is 25.3 Å². The fraction of sp³-hybridized carbons (Fsp3) is 0.727. The normalized spacial score (nSPS) is 22.4. The predicted octanol–water partition coefficient (Wildman–Crippen LogP) is 2.09. The molecule has 3 rings (SSSR count). The smallest absolute Gasteiger partial charge is 0.374 e. The first-order valence-corrected chi connectivity index (χ1v) is 12.9. The molecular weight excluding hydrogens is 434 g/mol. The number of hydrogen-bond donors (Lipinski definition) is 1. The van der Waals surface area contributed by atoms with Crippen LogP contribution in [0.4, 0.5) is 0 Å². The van der Waals surface area contributed by atoms with Crippen LogP contribution in [0, 0.1) is 11.8 Å². The number of sulfonamides is 1. The van der Waals surface area contributed by atoms with Crippen molar-refractivity contribution in [1.29, 1.82) is 0 Å². The summed E-state index contributed by atoms with van der Waals surface area (Å²) in [6.45, 7) is 9.44. The van der Waals surface area contributed by atoms with Gasteiger partial charge in [0.1, 0.15) is 0 Å². The van der Waals surface area contributed by atoms with Crippen molar-refractivity contribution in [3.05, 3.63) is 17.9 Å². The third-order valence-corrected chi connectivity index (χ3v) is 8.13. The number of carbonyl (C=O) groups is 2. The van der Waals surface area contributed by atoms with Crippen LogP contribution in [0.1, 0.15) is 57.0 Å². The van der Waals surface area contributed by atoms with Gasteiger partial charge >= 0.3 is 5.97 Å². The van der Waals surface area contributed by atoms with Crippen LogP contribution < -0.4 is 5.32 Å². The second-order valence-corrected chi connectivity index (χ2v) is 10.7. The fourth-order valence-corrected chi connectivity index (χ4v) is 5.79. The number of hydrogen-bond acceptors (Lipinski definition) is 7. The average molecular weight is 470 g/mol. The summed E-state index contributed by atoms with van der Waals surface area (Å²) in [5.41, 5.74) is 0. The summed E-state index contributed by atoms with van der Waals surface area (Å²) in [4.78, 5) is 26.8. The van der Waals surface area contributed by atoms with Gasteiger partial charge in [-0.2, -0.15) is 4.31 Å². The number of amides is 1. The third-order valence-electron chi connectivity index (χ3n) is 6.36. The van der Waals surface area contributed by atoms with Gasteiger partial charge in [0, 0.05) is 38.1 Å². The van der Waals surface area contributed by atoms with Crippen LogP contribution in [0.5, 0.6) is 0 Å². The van der Waals surface area contributed by atoms with Gasteiger partial charge < -0.3 is 14.5 Å². The molecule has 0 radical (unpaired) electrons. The van der Waals surface area contributed by atoms with Crippen LogP contribution in [0.25, 0.3) is 0 Å². The molecule has 3 heterocycles. The van der Waals surface area contributed by atoms with Crippen LogP contribution in [0.15, 0.2) is 21.6 Å². The molecule has 2 aliphatic rings. The second kappa shape index (κ2) is 10.8. The van der Waals surface area contributed by atoms with Crippen molar-refractivity contribution >= 4 is 21.9 Å². The predicted molar refractivity (Wildman–Crippen MR) is 119 cm³/mol. The van der Waals surface area contributed by atoms with Crippen LogP contribution in [-0.4, -0.2) is 74.9 Å². The van der Waals surface area contributed by atoms with Gasteiger partial charge in [-0.05, 0) is 64.1 Å². The van der Waals surface area contributed by atoms with E-state index in [1.807, 2.05) is 0 Å². The first-order valence-electron chi connectivity index (χ1n) is 11.5. The van der Waals surface area contributed by atoms with Crippen molar-refractivity contribution in [3.8, 4) is 0 Å². The molecule has 0 aromatic carbocycles. The van der Waals surface area contributed by atoms with Crippen LogP contribution >= 0.6 is 0 Å². The van der Waals surface area contributed by atoms with Crippen molar-refractivity contribution in [3.63, 3.8) is 0 Å². The summed E-state index contributed by atoms with van der Waals surface area (Å²) in [6.07, 6.45) is 3.36. The van der Waals surface area contributed by atoms with E-state index in [0.717, 1.165) is 13.1 Å². The highest BCUT2D eigenvalue weighted by atomic mass is 32.2. The zero-order chi connectivity index (χ0) is 23.3. The van der Waals surface area contributed by atoms with E-state index in [1.165, 1.54) is 29.3 Å². The molecule has 0 bridgehead atoms. The monoisotopic (exact) mass is 469 g/mol. The standard InChI is InChI=1S/C22H35N3O6S/c1-4-30-22(27)19-7-8-20(31-19)32(28,29)25-12-9-18(10-13-25)21(26)23-14-17(3)24-11-5-6-16(2)15-24/h7-8,16-18H,4-6,9-15H2,1-3H3,(H,23,26). The van der Waals surface area contributed by atoms with Crippen molar-refractivity contribution in [2.24, 2.45) is 11.8 Å². The molecule has 9 nitrogen and oxygen atoms in total. The maximum Gasteiger partial charge on any atom is 0.374 e. The molecule has 0 saturated carbocycles. The zero-order valence-corrected chi connectivity index (χ0v) is 20.0. The Balaban J connectivity index is 1.48. The van der Waals surface area contributed by atoms with Gasteiger partial charge in [-0.25, -0.2) is 13.2 Å². The van der Waals surface area contributed by atoms with Gasteiger partial charge in [-0.3, -0.25) is 9.69 Å². The summed E-state index contributed by atoms with van der Waals surface area (Å²) in [7, 11) is -3.86. The molecule has 0 aliphatic carbocycles. The molecule has 0 spiro atoms. The minimum absolute atomic E-state index is 0.0125. The number of ether oxygens (including phenoxy) is 1. The second-order valence-electron chi connectivity index (χ2n) is 8.85. The number of nitrogens with zero attached hydrogens (tertiary/aromatic N) is 2. The molecule has 2 unspecified atom stereocenters. The summed E-state index contributed by atoms with van der Waals surface area (Å²) in [5, 5.41) is 2.77. The number of furan rings is 1. The lowest BCUT2D eigenvalue weighted by molar-refractivity contribution is -0.126. The van der Waals surface area contributed by atoms with Crippen molar-refractivity contribution in [2.75, 3.05) is 39.3 Å². The van der Waals surface area contributed by atoms with Crippen LogP contribution in [-0.2, 0) is 19.6 Å². The van der Waals surface area contributed by atoms with Crippen molar-refractivity contribution in [2.45, 2.75) is 57.6 Å².